The van der Waals surface area contributed by atoms with Gasteiger partial charge < -0.3 is 15.0 Å². The van der Waals surface area contributed by atoms with Gasteiger partial charge in [0.15, 0.2) is 6.61 Å². The zero-order valence-corrected chi connectivity index (χ0v) is 18.9. The van der Waals surface area contributed by atoms with Gasteiger partial charge in [0.2, 0.25) is 5.91 Å². The van der Waals surface area contributed by atoms with Crippen LogP contribution in [0.1, 0.15) is 58.6 Å². The van der Waals surface area contributed by atoms with Crippen molar-refractivity contribution in [2.45, 2.75) is 65.6 Å². The van der Waals surface area contributed by atoms with Gasteiger partial charge in [0.25, 0.3) is 5.91 Å². The van der Waals surface area contributed by atoms with Gasteiger partial charge in [-0.3, -0.25) is 9.59 Å². The monoisotopic (exact) mass is 410 g/mol. The molecule has 0 saturated heterocycles. The molecule has 0 unspecified atom stereocenters. The Morgan fingerprint density at radius 1 is 0.967 bits per heavy atom. The lowest BCUT2D eigenvalue weighted by Gasteiger charge is -2.31. The molecule has 2 rings (SSSR count). The van der Waals surface area contributed by atoms with Crippen molar-refractivity contribution in [3.63, 3.8) is 0 Å². The Bertz CT molecular complexity index is 824. The van der Waals surface area contributed by atoms with E-state index in [2.05, 4.69) is 19.2 Å². The SMILES string of the molecule is CC(C)c1ccc(OCC(=O)N(Cc2ccccc2)[C@@H](C)C(=O)NC(C)(C)C)cc1. The van der Waals surface area contributed by atoms with Crippen LogP contribution in [0.2, 0.25) is 0 Å². The Morgan fingerprint density at radius 2 is 1.57 bits per heavy atom. The lowest BCUT2D eigenvalue weighted by molar-refractivity contribution is -0.142. The number of carbonyl (C=O) groups is 2. The van der Waals surface area contributed by atoms with Gasteiger partial charge in [-0.25, -0.2) is 0 Å². The average molecular weight is 411 g/mol. The maximum absolute atomic E-state index is 13.0. The molecule has 0 spiro atoms. The fourth-order valence-corrected chi connectivity index (χ4v) is 3.01. The van der Waals surface area contributed by atoms with Crippen molar-refractivity contribution >= 4 is 11.8 Å². The van der Waals surface area contributed by atoms with E-state index in [4.69, 9.17) is 4.74 Å². The molecule has 2 aromatic carbocycles. The minimum atomic E-state index is -0.621. The molecule has 0 fully saturated rings. The van der Waals surface area contributed by atoms with Gasteiger partial charge in [-0.05, 0) is 56.9 Å². The molecule has 0 aliphatic carbocycles. The second-order valence-corrected chi connectivity index (χ2v) is 8.93. The highest BCUT2D eigenvalue weighted by atomic mass is 16.5. The van der Waals surface area contributed by atoms with Crippen LogP contribution in [-0.4, -0.2) is 34.9 Å². The minimum Gasteiger partial charge on any atom is -0.484 e. The summed E-state index contributed by atoms with van der Waals surface area (Å²) in [5, 5.41) is 2.96. The van der Waals surface area contributed by atoms with Crippen molar-refractivity contribution in [3.05, 3.63) is 65.7 Å². The summed E-state index contributed by atoms with van der Waals surface area (Å²) in [7, 11) is 0. The van der Waals surface area contributed by atoms with Gasteiger partial charge in [-0.1, -0.05) is 56.3 Å². The molecule has 0 radical (unpaired) electrons. The highest BCUT2D eigenvalue weighted by Crippen LogP contribution is 2.19. The topological polar surface area (TPSA) is 58.6 Å². The molecule has 5 heteroatoms. The predicted molar refractivity (Wildman–Crippen MR) is 120 cm³/mol. The number of hydrogen-bond donors (Lipinski definition) is 1. The van der Waals surface area contributed by atoms with E-state index >= 15 is 0 Å². The number of carbonyl (C=O) groups excluding carboxylic acids is 2. The molecular weight excluding hydrogens is 376 g/mol. The maximum Gasteiger partial charge on any atom is 0.261 e. The van der Waals surface area contributed by atoms with E-state index in [0.29, 0.717) is 18.2 Å². The zero-order valence-electron chi connectivity index (χ0n) is 18.9. The largest absolute Gasteiger partial charge is 0.484 e. The van der Waals surface area contributed by atoms with Gasteiger partial charge in [0.1, 0.15) is 11.8 Å². The van der Waals surface area contributed by atoms with Crippen molar-refractivity contribution in [1.82, 2.24) is 10.2 Å². The molecule has 0 aliphatic heterocycles. The van der Waals surface area contributed by atoms with Crippen LogP contribution in [0.3, 0.4) is 0 Å². The summed E-state index contributed by atoms with van der Waals surface area (Å²) in [4.78, 5) is 27.3. The number of hydrogen-bond acceptors (Lipinski definition) is 3. The summed E-state index contributed by atoms with van der Waals surface area (Å²) >= 11 is 0. The first kappa shape index (κ1) is 23.5. The van der Waals surface area contributed by atoms with Gasteiger partial charge in [0, 0.05) is 12.1 Å². The van der Waals surface area contributed by atoms with Gasteiger partial charge in [-0.15, -0.1) is 0 Å². The summed E-state index contributed by atoms with van der Waals surface area (Å²) in [6.07, 6.45) is 0. The first-order chi connectivity index (χ1) is 14.1. The lowest BCUT2D eigenvalue weighted by atomic mass is 10.0. The smallest absolute Gasteiger partial charge is 0.261 e. The van der Waals surface area contributed by atoms with Crippen LogP contribution in [0.4, 0.5) is 0 Å². The van der Waals surface area contributed by atoms with E-state index in [-0.39, 0.29) is 24.0 Å². The Balaban J connectivity index is 2.11. The third kappa shape index (κ3) is 7.21. The third-order valence-electron chi connectivity index (χ3n) is 4.77. The van der Waals surface area contributed by atoms with Crippen LogP contribution < -0.4 is 10.1 Å². The van der Waals surface area contributed by atoms with E-state index in [9.17, 15) is 9.59 Å². The number of nitrogens with one attached hydrogen (secondary N) is 1. The molecule has 0 heterocycles. The van der Waals surface area contributed by atoms with Crippen LogP contribution in [0.15, 0.2) is 54.6 Å². The van der Waals surface area contributed by atoms with Crippen LogP contribution in [0.5, 0.6) is 5.75 Å². The molecular formula is C25H34N2O3. The highest BCUT2D eigenvalue weighted by Gasteiger charge is 2.28. The third-order valence-corrected chi connectivity index (χ3v) is 4.77. The van der Waals surface area contributed by atoms with Crippen molar-refractivity contribution in [3.8, 4) is 5.75 Å². The second kappa shape index (κ2) is 10.3. The zero-order chi connectivity index (χ0) is 22.3. The molecule has 0 aromatic heterocycles. The van der Waals surface area contributed by atoms with Crippen LogP contribution >= 0.6 is 0 Å². The highest BCUT2D eigenvalue weighted by molar-refractivity contribution is 5.88. The van der Waals surface area contributed by atoms with E-state index in [0.717, 1.165) is 5.56 Å². The van der Waals surface area contributed by atoms with E-state index in [1.165, 1.54) is 5.56 Å². The standard InChI is InChI=1S/C25H34N2O3/c1-18(2)21-12-14-22(15-13-21)30-17-23(28)27(16-20-10-8-7-9-11-20)19(3)24(29)26-25(4,5)6/h7-15,18-19H,16-17H2,1-6H3,(H,26,29)/t19-/m0/s1. The van der Waals surface area contributed by atoms with Crippen molar-refractivity contribution in [1.29, 1.82) is 0 Å². The van der Waals surface area contributed by atoms with Crippen LogP contribution in [-0.2, 0) is 16.1 Å². The lowest BCUT2D eigenvalue weighted by Crippen LogP contribution is -2.53. The van der Waals surface area contributed by atoms with Crippen LogP contribution in [0, 0.1) is 0 Å². The Labute approximate surface area is 180 Å². The van der Waals surface area contributed by atoms with E-state index in [1.807, 2.05) is 75.4 Å². The number of benzene rings is 2. The molecule has 30 heavy (non-hydrogen) atoms. The summed E-state index contributed by atoms with van der Waals surface area (Å²) in [5.74, 6) is 0.653. The summed E-state index contributed by atoms with van der Waals surface area (Å²) in [5.41, 5.74) is 1.80. The Kier molecular flexibility index (Phi) is 8.04. The molecule has 5 nitrogen and oxygen atoms in total. The normalized spacial score (nSPS) is 12.4. The second-order valence-electron chi connectivity index (χ2n) is 8.93. The van der Waals surface area contributed by atoms with Crippen molar-refractivity contribution < 1.29 is 14.3 Å². The van der Waals surface area contributed by atoms with E-state index < -0.39 is 6.04 Å². The number of ether oxygens (including phenoxy) is 1. The minimum absolute atomic E-state index is 0.124. The summed E-state index contributed by atoms with van der Waals surface area (Å²) in [6, 6.07) is 16.8. The van der Waals surface area contributed by atoms with Gasteiger partial charge in [0.05, 0.1) is 0 Å². The number of rotatable bonds is 8. The molecule has 1 atom stereocenters. The first-order valence-electron chi connectivity index (χ1n) is 10.4. The van der Waals surface area contributed by atoms with Gasteiger partial charge >= 0.3 is 0 Å². The molecule has 162 valence electrons. The quantitative estimate of drug-likeness (QED) is 0.696. The number of nitrogens with zero attached hydrogens (tertiary/aromatic N) is 1. The molecule has 0 aliphatic rings. The fraction of sp³-hybridized carbons (Fsp3) is 0.440. The summed E-state index contributed by atoms with van der Waals surface area (Å²) < 4.78 is 5.73. The Morgan fingerprint density at radius 3 is 2.10 bits per heavy atom. The summed E-state index contributed by atoms with van der Waals surface area (Å²) in [6.45, 7) is 12.0. The Hall–Kier alpha value is -2.82. The molecule has 2 amide bonds. The fourth-order valence-electron chi connectivity index (χ4n) is 3.01. The van der Waals surface area contributed by atoms with E-state index in [1.54, 1.807) is 11.8 Å². The molecule has 1 N–H and O–H groups in total. The molecule has 0 saturated carbocycles. The van der Waals surface area contributed by atoms with Gasteiger partial charge in [-0.2, -0.15) is 0 Å². The number of amides is 2. The average Bonchev–Trinajstić information content (AvgIpc) is 2.69. The van der Waals surface area contributed by atoms with Crippen LogP contribution in [0.25, 0.3) is 0 Å². The maximum atomic E-state index is 13.0. The predicted octanol–water partition coefficient (Wildman–Crippen LogP) is 4.52. The molecule has 0 bridgehead atoms. The van der Waals surface area contributed by atoms with Crippen molar-refractivity contribution in [2.75, 3.05) is 6.61 Å². The van der Waals surface area contributed by atoms with Crippen molar-refractivity contribution in [2.24, 2.45) is 0 Å². The first-order valence-corrected chi connectivity index (χ1v) is 10.4. The molecule has 2 aromatic rings.